The molecule has 1 aliphatic heterocycles. The average molecular weight is 174 g/mol. The number of hydrogen-bond donors (Lipinski definition) is 1. The van der Waals surface area contributed by atoms with Crippen molar-refractivity contribution in [2.24, 2.45) is 4.99 Å². The zero-order valence-electron chi connectivity index (χ0n) is 7.20. The van der Waals surface area contributed by atoms with Crippen molar-refractivity contribution in [2.75, 3.05) is 11.9 Å². The highest BCUT2D eigenvalue weighted by atomic mass is 15.0. The summed E-state index contributed by atoms with van der Waals surface area (Å²) in [5, 5.41) is 3.22. The molecule has 1 aromatic rings. The lowest BCUT2D eigenvalue weighted by atomic mass is 10.3. The Bertz CT molecular complexity index is 357. The maximum absolute atomic E-state index is 4.21. The summed E-state index contributed by atoms with van der Waals surface area (Å²) in [5.41, 5.74) is 1.69. The number of hydrogen-bond acceptors (Lipinski definition) is 4. The molecule has 1 aromatic heterocycles. The van der Waals surface area contributed by atoms with E-state index in [1.165, 1.54) is 6.33 Å². The minimum Gasteiger partial charge on any atom is -0.380 e. The molecular formula is C9H10N4. The van der Waals surface area contributed by atoms with Crippen molar-refractivity contribution in [3.63, 3.8) is 0 Å². The smallest absolute Gasteiger partial charge is 0.178 e. The van der Waals surface area contributed by atoms with Gasteiger partial charge in [0.05, 0.1) is 5.69 Å². The van der Waals surface area contributed by atoms with E-state index < -0.39 is 0 Å². The first-order valence-corrected chi connectivity index (χ1v) is 4.15. The van der Waals surface area contributed by atoms with Crippen LogP contribution in [0.3, 0.4) is 0 Å². The Morgan fingerprint density at radius 1 is 1.46 bits per heavy atom. The molecule has 0 fully saturated rings. The van der Waals surface area contributed by atoms with Gasteiger partial charge in [-0.3, -0.25) is 0 Å². The summed E-state index contributed by atoms with van der Waals surface area (Å²) < 4.78 is 0. The lowest BCUT2D eigenvalue weighted by molar-refractivity contribution is 1.10. The van der Waals surface area contributed by atoms with Gasteiger partial charge in [-0.25, -0.2) is 15.0 Å². The van der Waals surface area contributed by atoms with Crippen LogP contribution in [0.5, 0.6) is 0 Å². The van der Waals surface area contributed by atoms with Gasteiger partial charge in [0.25, 0.3) is 0 Å². The minimum atomic E-state index is 0.697. The van der Waals surface area contributed by atoms with Crippen molar-refractivity contribution in [1.82, 2.24) is 9.97 Å². The van der Waals surface area contributed by atoms with E-state index in [1.54, 1.807) is 6.08 Å². The molecule has 0 unspecified atom stereocenters. The van der Waals surface area contributed by atoms with Crippen LogP contribution in [0.25, 0.3) is 6.08 Å². The third-order valence-corrected chi connectivity index (χ3v) is 1.84. The van der Waals surface area contributed by atoms with Crippen LogP contribution in [-0.4, -0.2) is 22.7 Å². The van der Waals surface area contributed by atoms with Crippen LogP contribution in [0.2, 0.25) is 0 Å². The third-order valence-electron chi connectivity index (χ3n) is 1.84. The number of aromatic nitrogens is 2. The van der Waals surface area contributed by atoms with Crippen molar-refractivity contribution in [2.45, 2.75) is 6.42 Å². The SMILES string of the molecule is C=Cc1ncnc2c1NCCC=N2. The Morgan fingerprint density at radius 2 is 2.38 bits per heavy atom. The fraction of sp³-hybridized carbons (Fsp3) is 0.222. The molecule has 0 radical (unpaired) electrons. The van der Waals surface area contributed by atoms with E-state index in [2.05, 4.69) is 26.9 Å². The fourth-order valence-electron chi connectivity index (χ4n) is 1.22. The van der Waals surface area contributed by atoms with E-state index in [0.717, 1.165) is 24.3 Å². The normalized spacial score (nSPS) is 14.2. The van der Waals surface area contributed by atoms with Crippen molar-refractivity contribution < 1.29 is 0 Å². The highest BCUT2D eigenvalue weighted by molar-refractivity contribution is 5.77. The largest absolute Gasteiger partial charge is 0.380 e. The topological polar surface area (TPSA) is 50.2 Å². The second-order valence-corrected chi connectivity index (χ2v) is 2.69. The van der Waals surface area contributed by atoms with Crippen molar-refractivity contribution in [1.29, 1.82) is 0 Å². The maximum Gasteiger partial charge on any atom is 0.178 e. The van der Waals surface area contributed by atoms with Crippen molar-refractivity contribution in [3.05, 3.63) is 18.6 Å². The minimum absolute atomic E-state index is 0.697. The Morgan fingerprint density at radius 3 is 3.23 bits per heavy atom. The molecule has 0 aromatic carbocycles. The van der Waals surface area contributed by atoms with Gasteiger partial charge in [0.2, 0.25) is 0 Å². The number of anilines is 1. The molecule has 1 N–H and O–H groups in total. The first-order valence-electron chi connectivity index (χ1n) is 4.15. The molecule has 1 aliphatic rings. The highest BCUT2D eigenvalue weighted by Crippen LogP contribution is 2.26. The molecule has 2 rings (SSSR count). The number of rotatable bonds is 1. The Kier molecular flexibility index (Phi) is 2.04. The van der Waals surface area contributed by atoms with Crippen LogP contribution >= 0.6 is 0 Å². The monoisotopic (exact) mass is 174 g/mol. The van der Waals surface area contributed by atoms with Gasteiger partial charge in [-0.2, -0.15) is 0 Å². The summed E-state index contributed by atoms with van der Waals surface area (Å²) in [6.45, 7) is 4.55. The summed E-state index contributed by atoms with van der Waals surface area (Å²) in [5.74, 6) is 0.697. The lowest BCUT2D eigenvalue weighted by Crippen LogP contribution is -2.02. The molecule has 0 amide bonds. The van der Waals surface area contributed by atoms with Crippen molar-refractivity contribution >= 4 is 23.8 Å². The van der Waals surface area contributed by atoms with Gasteiger partial charge in [0.1, 0.15) is 12.0 Å². The molecular weight excluding hydrogens is 164 g/mol. The van der Waals surface area contributed by atoms with Gasteiger partial charge in [0.15, 0.2) is 5.82 Å². The molecule has 0 spiro atoms. The van der Waals surface area contributed by atoms with Crippen LogP contribution in [0.1, 0.15) is 12.1 Å². The van der Waals surface area contributed by atoms with E-state index in [4.69, 9.17) is 0 Å². The molecule has 4 heteroatoms. The predicted octanol–water partition coefficient (Wildman–Crippen LogP) is 1.64. The van der Waals surface area contributed by atoms with Crippen LogP contribution in [-0.2, 0) is 0 Å². The van der Waals surface area contributed by atoms with Gasteiger partial charge < -0.3 is 5.32 Å². The molecule has 0 aliphatic carbocycles. The molecule has 0 saturated carbocycles. The maximum atomic E-state index is 4.21. The van der Waals surface area contributed by atoms with Crippen LogP contribution in [0.4, 0.5) is 11.5 Å². The van der Waals surface area contributed by atoms with Gasteiger partial charge in [-0.1, -0.05) is 6.58 Å². The first-order chi connectivity index (χ1) is 6.42. The molecule has 66 valence electrons. The number of nitrogens with one attached hydrogen (secondary N) is 1. The van der Waals surface area contributed by atoms with E-state index >= 15 is 0 Å². The molecule has 4 nitrogen and oxygen atoms in total. The second-order valence-electron chi connectivity index (χ2n) is 2.69. The van der Waals surface area contributed by atoms with Crippen LogP contribution < -0.4 is 5.32 Å². The average Bonchev–Trinajstić information content (AvgIpc) is 2.41. The molecule has 0 bridgehead atoms. The van der Waals surface area contributed by atoms with Crippen LogP contribution in [0, 0.1) is 0 Å². The highest BCUT2D eigenvalue weighted by Gasteiger charge is 2.08. The summed E-state index contributed by atoms with van der Waals surface area (Å²) in [6, 6.07) is 0. The van der Waals surface area contributed by atoms with Gasteiger partial charge in [-0.15, -0.1) is 0 Å². The Hall–Kier alpha value is -1.71. The van der Waals surface area contributed by atoms with Gasteiger partial charge in [0, 0.05) is 19.2 Å². The summed E-state index contributed by atoms with van der Waals surface area (Å²) in [6.07, 6.45) is 5.97. The Balaban J connectivity index is 2.55. The summed E-state index contributed by atoms with van der Waals surface area (Å²) in [4.78, 5) is 12.4. The number of nitrogens with zero attached hydrogens (tertiary/aromatic N) is 3. The van der Waals surface area contributed by atoms with E-state index in [-0.39, 0.29) is 0 Å². The molecule has 0 saturated heterocycles. The van der Waals surface area contributed by atoms with Crippen LogP contribution in [0.15, 0.2) is 17.9 Å². The predicted molar refractivity (Wildman–Crippen MR) is 53.4 cm³/mol. The molecule has 2 heterocycles. The zero-order chi connectivity index (χ0) is 9.10. The lowest BCUT2D eigenvalue weighted by Gasteiger charge is -2.06. The third kappa shape index (κ3) is 1.42. The van der Waals surface area contributed by atoms with Crippen molar-refractivity contribution in [3.8, 4) is 0 Å². The Labute approximate surface area is 76.4 Å². The molecule has 0 atom stereocenters. The van der Waals surface area contributed by atoms with E-state index in [9.17, 15) is 0 Å². The molecule has 13 heavy (non-hydrogen) atoms. The standard InChI is InChI=1S/C9H10N4/c1-2-7-8-9(13-6-12-7)11-5-3-4-10-8/h2,5-6,10H,1,3-4H2. The summed E-state index contributed by atoms with van der Waals surface area (Å²) in [7, 11) is 0. The summed E-state index contributed by atoms with van der Waals surface area (Å²) >= 11 is 0. The second kappa shape index (κ2) is 3.35. The zero-order valence-corrected chi connectivity index (χ0v) is 7.20. The number of fused-ring (bicyclic) bond motifs is 1. The van der Waals surface area contributed by atoms with Gasteiger partial charge in [-0.05, 0) is 6.08 Å². The fourth-order valence-corrected chi connectivity index (χ4v) is 1.22. The first kappa shape index (κ1) is 7.91. The van der Waals surface area contributed by atoms with E-state index in [1.807, 2.05) is 6.21 Å². The van der Waals surface area contributed by atoms with Gasteiger partial charge >= 0.3 is 0 Å². The number of aliphatic imine (C=N–C) groups is 1. The quantitative estimate of drug-likeness (QED) is 0.704. The van der Waals surface area contributed by atoms with E-state index in [0.29, 0.717) is 5.82 Å².